The van der Waals surface area contributed by atoms with Crippen molar-refractivity contribution >= 4 is 30.0 Å². The number of nitrogens with zero attached hydrogens (tertiary/aromatic N) is 1. The second kappa shape index (κ2) is 14.0. The van der Waals surface area contributed by atoms with Crippen molar-refractivity contribution in [3.8, 4) is 23.0 Å². The van der Waals surface area contributed by atoms with E-state index in [1.165, 1.54) is 0 Å². The van der Waals surface area contributed by atoms with Crippen LogP contribution < -0.4 is 18.9 Å². The minimum Gasteiger partial charge on any atom is -0.493 e. The average molecular weight is 550 g/mol. The number of carboxylic acid groups (broad SMARTS) is 1. The summed E-state index contributed by atoms with van der Waals surface area (Å²) in [4.78, 5) is 14.6. The number of hydrogen-bond acceptors (Lipinski definition) is 6. The predicted octanol–water partition coefficient (Wildman–Crippen LogP) is 6.06. The molecular formula is C28H33Cl2NO6. The van der Waals surface area contributed by atoms with E-state index in [-0.39, 0.29) is 18.4 Å². The van der Waals surface area contributed by atoms with Gasteiger partial charge in [0.1, 0.15) is 6.04 Å². The van der Waals surface area contributed by atoms with Crippen LogP contribution in [0.4, 0.5) is 0 Å². The number of rotatable bonds is 12. The third kappa shape index (κ3) is 7.44. The Morgan fingerprint density at radius 1 is 0.838 bits per heavy atom. The van der Waals surface area contributed by atoms with Crippen molar-refractivity contribution in [2.24, 2.45) is 0 Å². The molecule has 0 saturated carbocycles. The summed E-state index contributed by atoms with van der Waals surface area (Å²) in [6.07, 6.45) is 0.581. The Bertz CT molecular complexity index is 1190. The highest BCUT2D eigenvalue weighted by Gasteiger charge is 2.32. The van der Waals surface area contributed by atoms with Crippen molar-refractivity contribution in [2.45, 2.75) is 32.0 Å². The van der Waals surface area contributed by atoms with Crippen molar-refractivity contribution in [1.29, 1.82) is 0 Å². The molecule has 37 heavy (non-hydrogen) atoms. The molecule has 0 aromatic heterocycles. The third-order valence-corrected chi connectivity index (χ3v) is 6.32. The Kier molecular flexibility index (Phi) is 11.4. The van der Waals surface area contributed by atoms with Crippen LogP contribution >= 0.6 is 24.0 Å². The van der Waals surface area contributed by atoms with Gasteiger partial charge in [0, 0.05) is 17.6 Å². The van der Waals surface area contributed by atoms with Gasteiger partial charge in [-0.15, -0.1) is 12.4 Å². The Hall–Kier alpha value is -3.13. The first-order valence-electron chi connectivity index (χ1n) is 11.5. The first-order chi connectivity index (χ1) is 17.3. The quantitative estimate of drug-likeness (QED) is 0.294. The summed E-state index contributed by atoms with van der Waals surface area (Å²) < 4.78 is 21.6. The lowest BCUT2D eigenvalue weighted by atomic mass is 9.98. The zero-order valence-electron chi connectivity index (χ0n) is 21.6. The molecule has 0 aliphatic heterocycles. The van der Waals surface area contributed by atoms with Crippen molar-refractivity contribution in [1.82, 2.24) is 4.90 Å². The lowest BCUT2D eigenvalue weighted by Gasteiger charge is -2.35. The highest BCUT2D eigenvalue weighted by Crippen LogP contribution is 2.33. The molecular weight excluding hydrogens is 517 g/mol. The van der Waals surface area contributed by atoms with E-state index in [1.807, 2.05) is 48.2 Å². The number of ether oxygens (including phenoxy) is 4. The van der Waals surface area contributed by atoms with E-state index in [4.69, 9.17) is 30.5 Å². The van der Waals surface area contributed by atoms with Crippen molar-refractivity contribution in [3.63, 3.8) is 0 Å². The maximum atomic E-state index is 12.6. The predicted molar refractivity (Wildman–Crippen MR) is 147 cm³/mol. The minimum absolute atomic E-state index is 0. The molecule has 0 fully saturated rings. The largest absolute Gasteiger partial charge is 0.493 e. The summed E-state index contributed by atoms with van der Waals surface area (Å²) in [5.41, 5.74) is 2.49. The van der Waals surface area contributed by atoms with Crippen molar-refractivity contribution in [3.05, 3.63) is 82.4 Å². The smallest absolute Gasteiger partial charge is 0.325 e. The van der Waals surface area contributed by atoms with Gasteiger partial charge in [0.15, 0.2) is 23.0 Å². The summed E-state index contributed by atoms with van der Waals surface area (Å²) in [7, 11) is 6.33. The number of methoxy groups -OCH3 is 4. The fourth-order valence-electron chi connectivity index (χ4n) is 4.31. The van der Waals surface area contributed by atoms with Crippen LogP contribution in [0.15, 0.2) is 60.7 Å². The molecule has 3 rings (SSSR count). The molecule has 0 amide bonds. The molecule has 9 heteroatoms. The van der Waals surface area contributed by atoms with E-state index in [2.05, 4.69) is 0 Å². The molecule has 0 spiro atoms. The first kappa shape index (κ1) is 30.1. The number of benzene rings is 3. The number of carbonyl (C=O) groups is 1. The van der Waals surface area contributed by atoms with Gasteiger partial charge in [-0.2, -0.15) is 0 Å². The zero-order valence-corrected chi connectivity index (χ0v) is 23.1. The molecule has 0 heterocycles. The Morgan fingerprint density at radius 3 is 1.89 bits per heavy atom. The first-order valence-corrected chi connectivity index (χ1v) is 11.8. The highest BCUT2D eigenvalue weighted by atomic mass is 35.5. The molecule has 0 aliphatic rings. The molecule has 2 atom stereocenters. The summed E-state index contributed by atoms with van der Waals surface area (Å²) >= 11 is 6.24. The molecule has 3 aromatic carbocycles. The molecule has 0 bridgehead atoms. The fraction of sp³-hybridized carbons (Fsp3) is 0.321. The summed E-state index contributed by atoms with van der Waals surface area (Å²) in [5.74, 6) is 1.49. The van der Waals surface area contributed by atoms with Crippen LogP contribution in [-0.2, 0) is 17.8 Å². The Morgan fingerprint density at radius 2 is 1.38 bits per heavy atom. The third-order valence-electron chi connectivity index (χ3n) is 6.09. The van der Waals surface area contributed by atoms with Gasteiger partial charge in [-0.05, 0) is 66.4 Å². The average Bonchev–Trinajstić information content (AvgIpc) is 2.87. The van der Waals surface area contributed by atoms with Crippen LogP contribution in [0.25, 0.3) is 0 Å². The van der Waals surface area contributed by atoms with E-state index in [1.54, 1.807) is 52.7 Å². The van der Waals surface area contributed by atoms with Crippen LogP contribution in [0.3, 0.4) is 0 Å². The van der Waals surface area contributed by atoms with Crippen LogP contribution in [0.5, 0.6) is 23.0 Å². The summed E-state index contributed by atoms with van der Waals surface area (Å²) in [6.45, 7) is 2.37. The topological polar surface area (TPSA) is 77.5 Å². The lowest BCUT2D eigenvalue weighted by molar-refractivity contribution is -0.145. The Balaban J connectivity index is 0.00000481. The van der Waals surface area contributed by atoms with Gasteiger partial charge in [-0.1, -0.05) is 35.9 Å². The number of halogens is 2. The number of carboxylic acids is 1. The van der Waals surface area contributed by atoms with Gasteiger partial charge in [0.05, 0.1) is 28.4 Å². The molecule has 0 radical (unpaired) electrons. The molecule has 0 aliphatic carbocycles. The van der Waals surface area contributed by atoms with E-state index in [0.29, 0.717) is 46.5 Å². The Labute approximate surface area is 229 Å². The lowest BCUT2D eigenvalue weighted by Crippen LogP contribution is -2.41. The molecule has 1 N–H and O–H groups in total. The maximum Gasteiger partial charge on any atom is 0.325 e. The van der Waals surface area contributed by atoms with Crippen LogP contribution in [-0.4, -0.2) is 50.5 Å². The second-order valence-corrected chi connectivity index (χ2v) is 8.84. The fourth-order valence-corrected chi connectivity index (χ4v) is 4.51. The minimum atomic E-state index is -0.961. The molecule has 7 nitrogen and oxygen atoms in total. The van der Waals surface area contributed by atoms with Crippen LogP contribution in [0, 0.1) is 0 Å². The molecule has 2 unspecified atom stereocenters. The van der Waals surface area contributed by atoms with Crippen LogP contribution in [0.1, 0.15) is 29.7 Å². The van der Waals surface area contributed by atoms with E-state index < -0.39 is 12.0 Å². The SMILES string of the molecule is COc1ccc(CC(C)N(Cc2ccc(OC)c(OC)c2)C(C(=O)O)c2cccc(Cl)c2)cc1OC.Cl. The van der Waals surface area contributed by atoms with Gasteiger partial charge in [-0.3, -0.25) is 9.69 Å². The normalized spacial score (nSPS) is 12.3. The van der Waals surface area contributed by atoms with Gasteiger partial charge < -0.3 is 24.1 Å². The number of hydrogen-bond donors (Lipinski definition) is 1. The summed E-state index contributed by atoms with van der Waals surface area (Å²) in [5, 5.41) is 10.8. The van der Waals surface area contributed by atoms with Crippen LogP contribution in [0.2, 0.25) is 5.02 Å². The highest BCUT2D eigenvalue weighted by molar-refractivity contribution is 6.30. The van der Waals surface area contributed by atoms with Crippen molar-refractivity contribution in [2.75, 3.05) is 28.4 Å². The van der Waals surface area contributed by atoms with E-state index >= 15 is 0 Å². The monoisotopic (exact) mass is 549 g/mol. The summed E-state index contributed by atoms with van der Waals surface area (Å²) in [6, 6.07) is 17.2. The molecule has 0 saturated heterocycles. The van der Waals surface area contributed by atoms with E-state index in [0.717, 1.165) is 11.1 Å². The molecule has 3 aromatic rings. The second-order valence-electron chi connectivity index (χ2n) is 8.40. The van der Waals surface area contributed by atoms with Crippen molar-refractivity contribution < 1.29 is 28.8 Å². The van der Waals surface area contributed by atoms with Gasteiger partial charge in [0.25, 0.3) is 0 Å². The zero-order chi connectivity index (χ0) is 26.2. The van der Waals surface area contributed by atoms with Gasteiger partial charge >= 0.3 is 5.97 Å². The van der Waals surface area contributed by atoms with Gasteiger partial charge in [0.2, 0.25) is 0 Å². The van der Waals surface area contributed by atoms with Gasteiger partial charge in [-0.25, -0.2) is 0 Å². The number of aliphatic carboxylic acids is 1. The molecule has 200 valence electrons. The standard InChI is InChI=1S/C28H32ClNO6.ClH/c1-18(13-19-9-11-23(33-2)25(14-19)35-4)30(17-20-10-12-24(34-3)26(15-20)36-5)27(28(31)32)21-7-6-8-22(29)16-21;/h6-12,14-16,18,27H,13,17H2,1-5H3,(H,31,32);1H. The van der Waals surface area contributed by atoms with E-state index in [9.17, 15) is 9.90 Å². The maximum absolute atomic E-state index is 12.6.